The number of carbonyl (C=O) groups excluding carboxylic acids is 6. The molecule has 0 aromatic heterocycles. The van der Waals surface area contributed by atoms with Gasteiger partial charge in [-0.15, -0.1) is 0 Å². The molecule has 1 fully saturated rings. The summed E-state index contributed by atoms with van der Waals surface area (Å²) in [6.45, 7) is 10.4. The van der Waals surface area contributed by atoms with Crippen LogP contribution in [0.2, 0.25) is 0 Å². The second-order valence-corrected chi connectivity index (χ2v) is 16.0. The minimum Gasteiger partial charge on any atom is -0.481 e. The smallest absolute Gasteiger partial charge is 0.326 e. The molecule has 0 spiro atoms. The number of hydrogen-bond donors (Lipinski definition) is 7. The standard InChI is InChI=1S/C41H72N6O10/c1-7-8-9-10-11-12-13-14-15-16-17-18-19-22-32(48)45-35(27(2)3)38(53)42-26-33(49)46-36(28(4)5)39(54)43-29(6)40(55)47-25-20-21-31(47)37(52)44-30(41(56)57)23-24-34(50)51/h27-31,35-36H,7-26H2,1-6H3,(H,42,53)(H,43,54)(H,44,52)(H,45,48)(H,46,49)(H,50,51)(H,56,57)/t29-,30-,31-,35-,36-/m0/s1. The van der Waals surface area contributed by atoms with Crippen molar-refractivity contribution in [3.63, 3.8) is 0 Å². The second kappa shape index (κ2) is 28.2. The van der Waals surface area contributed by atoms with Crippen molar-refractivity contribution in [2.75, 3.05) is 13.1 Å². The Balaban J connectivity index is 2.56. The highest BCUT2D eigenvalue weighted by atomic mass is 16.4. The first-order valence-corrected chi connectivity index (χ1v) is 21.2. The van der Waals surface area contributed by atoms with E-state index < -0.39 is 90.6 Å². The van der Waals surface area contributed by atoms with Gasteiger partial charge in [0.2, 0.25) is 35.4 Å². The summed E-state index contributed by atoms with van der Waals surface area (Å²) in [7, 11) is 0. The third kappa shape index (κ3) is 20.7. The predicted octanol–water partition coefficient (Wildman–Crippen LogP) is 3.80. The highest BCUT2D eigenvalue weighted by Crippen LogP contribution is 2.20. The third-order valence-electron chi connectivity index (χ3n) is 10.3. The molecule has 0 saturated carbocycles. The molecule has 1 aliphatic heterocycles. The molecule has 57 heavy (non-hydrogen) atoms. The lowest BCUT2D eigenvalue weighted by Gasteiger charge is -2.29. The van der Waals surface area contributed by atoms with Crippen LogP contribution in [-0.4, -0.2) is 106 Å². The monoisotopic (exact) mass is 809 g/mol. The summed E-state index contributed by atoms with van der Waals surface area (Å²) in [5.74, 6) is -6.65. The lowest BCUT2D eigenvalue weighted by Crippen LogP contribution is -2.58. The number of carboxylic acids is 2. The molecule has 7 N–H and O–H groups in total. The Labute approximate surface area is 339 Å². The largest absolute Gasteiger partial charge is 0.481 e. The van der Waals surface area contributed by atoms with Crippen LogP contribution in [0.5, 0.6) is 0 Å². The van der Waals surface area contributed by atoms with Crippen molar-refractivity contribution in [3.8, 4) is 0 Å². The van der Waals surface area contributed by atoms with E-state index in [9.17, 15) is 43.5 Å². The van der Waals surface area contributed by atoms with Gasteiger partial charge in [0.1, 0.15) is 30.2 Å². The fourth-order valence-electron chi connectivity index (χ4n) is 6.83. The minimum atomic E-state index is -1.45. The molecule has 1 saturated heterocycles. The van der Waals surface area contributed by atoms with E-state index in [2.05, 4.69) is 33.5 Å². The van der Waals surface area contributed by atoms with Gasteiger partial charge in [0.25, 0.3) is 0 Å². The SMILES string of the molecule is CCCCCCCCCCCCCCCC(=O)N[C@H](C(=O)NCC(=O)N[C@H](C(=O)N[C@@H](C)C(=O)N1CCC[C@H]1C(=O)N[C@@H](CCC(=O)O)C(=O)O)C(C)C)C(C)C. The number of rotatable bonds is 30. The maximum Gasteiger partial charge on any atom is 0.326 e. The molecule has 1 aliphatic rings. The van der Waals surface area contributed by atoms with Crippen LogP contribution >= 0.6 is 0 Å². The van der Waals surface area contributed by atoms with Gasteiger partial charge >= 0.3 is 11.9 Å². The molecule has 0 radical (unpaired) electrons. The first kappa shape index (κ1) is 50.8. The van der Waals surface area contributed by atoms with Gasteiger partial charge in [-0.25, -0.2) is 4.79 Å². The van der Waals surface area contributed by atoms with Crippen molar-refractivity contribution in [1.29, 1.82) is 0 Å². The fraction of sp³-hybridized carbons (Fsp3) is 0.805. The molecular weight excluding hydrogens is 736 g/mol. The third-order valence-corrected chi connectivity index (χ3v) is 10.3. The highest BCUT2D eigenvalue weighted by Gasteiger charge is 2.38. The molecule has 0 aromatic carbocycles. The molecule has 5 atom stereocenters. The van der Waals surface area contributed by atoms with Gasteiger partial charge < -0.3 is 41.7 Å². The normalized spacial score (nSPS) is 16.0. The Morgan fingerprint density at radius 3 is 1.65 bits per heavy atom. The summed E-state index contributed by atoms with van der Waals surface area (Å²) >= 11 is 0. The summed E-state index contributed by atoms with van der Waals surface area (Å²) in [6.07, 6.45) is 15.8. The number of nitrogens with zero attached hydrogens (tertiary/aromatic N) is 1. The molecule has 0 aromatic rings. The molecule has 326 valence electrons. The summed E-state index contributed by atoms with van der Waals surface area (Å²) in [5.41, 5.74) is 0. The molecule has 0 unspecified atom stereocenters. The number of aliphatic carboxylic acids is 2. The van der Waals surface area contributed by atoms with E-state index in [1.54, 1.807) is 27.7 Å². The zero-order valence-corrected chi connectivity index (χ0v) is 35.3. The van der Waals surface area contributed by atoms with Gasteiger partial charge in [-0.05, 0) is 44.4 Å². The molecule has 6 amide bonds. The molecule has 16 nitrogen and oxygen atoms in total. The van der Waals surface area contributed by atoms with Gasteiger partial charge in [-0.1, -0.05) is 112 Å². The average molecular weight is 809 g/mol. The van der Waals surface area contributed by atoms with E-state index in [1.807, 2.05) is 0 Å². The lowest BCUT2D eigenvalue weighted by molar-refractivity contribution is -0.145. The van der Waals surface area contributed by atoms with Gasteiger partial charge in [0.05, 0.1) is 6.54 Å². The number of unbranched alkanes of at least 4 members (excludes halogenated alkanes) is 12. The summed E-state index contributed by atoms with van der Waals surface area (Å²) in [5, 5.41) is 31.2. The van der Waals surface area contributed by atoms with E-state index >= 15 is 0 Å². The molecule has 1 heterocycles. The zero-order chi connectivity index (χ0) is 42.9. The van der Waals surface area contributed by atoms with Crippen molar-refractivity contribution in [3.05, 3.63) is 0 Å². The Bertz CT molecular complexity index is 1310. The topological polar surface area (TPSA) is 240 Å². The predicted molar refractivity (Wildman–Crippen MR) is 216 cm³/mol. The Morgan fingerprint density at radius 2 is 1.14 bits per heavy atom. The summed E-state index contributed by atoms with van der Waals surface area (Å²) in [4.78, 5) is 102. The first-order chi connectivity index (χ1) is 27.0. The van der Waals surface area contributed by atoms with Crippen molar-refractivity contribution >= 4 is 47.4 Å². The number of carbonyl (C=O) groups is 8. The highest BCUT2D eigenvalue weighted by molar-refractivity contribution is 5.96. The molecule has 16 heteroatoms. The van der Waals surface area contributed by atoms with E-state index in [1.165, 1.54) is 69.6 Å². The van der Waals surface area contributed by atoms with Crippen molar-refractivity contribution < 1.29 is 48.6 Å². The number of hydrogen-bond acceptors (Lipinski definition) is 8. The van der Waals surface area contributed by atoms with Crippen LogP contribution in [0, 0.1) is 11.8 Å². The van der Waals surface area contributed by atoms with E-state index in [0.717, 1.165) is 25.7 Å². The van der Waals surface area contributed by atoms with Crippen molar-refractivity contribution in [2.45, 2.75) is 187 Å². The first-order valence-electron chi connectivity index (χ1n) is 21.2. The van der Waals surface area contributed by atoms with Crippen LogP contribution in [0.4, 0.5) is 0 Å². The lowest BCUT2D eigenvalue weighted by atomic mass is 10.0. The Hall–Kier alpha value is -4.24. The number of carboxylic acid groups (broad SMARTS) is 2. The minimum absolute atomic E-state index is 0.186. The van der Waals surface area contributed by atoms with Crippen LogP contribution in [0.25, 0.3) is 0 Å². The van der Waals surface area contributed by atoms with Gasteiger partial charge in [0, 0.05) is 19.4 Å². The van der Waals surface area contributed by atoms with Gasteiger partial charge in [-0.3, -0.25) is 33.6 Å². The Morgan fingerprint density at radius 1 is 0.632 bits per heavy atom. The fourth-order valence-corrected chi connectivity index (χ4v) is 6.83. The summed E-state index contributed by atoms with van der Waals surface area (Å²) in [6, 6.07) is -5.49. The maximum atomic E-state index is 13.4. The van der Waals surface area contributed by atoms with E-state index in [0.29, 0.717) is 12.8 Å². The van der Waals surface area contributed by atoms with Crippen LogP contribution in [0.1, 0.15) is 157 Å². The number of nitrogens with one attached hydrogen (secondary N) is 5. The van der Waals surface area contributed by atoms with Crippen LogP contribution in [0.3, 0.4) is 0 Å². The van der Waals surface area contributed by atoms with Crippen LogP contribution in [-0.2, 0) is 38.4 Å². The van der Waals surface area contributed by atoms with E-state index in [4.69, 9.17) is 5.11 Å². The van der Waals surface area contributed by atoms with Gasteiger partial charge in [0.15, 0.2) is 0 Å². The van der Waals surface area contributed by atoms with Gasteiger partial charge in [-0.2, -0.15) is 0 Å². The molecular formula is C41H72N6O10. The maximum absolute atomic E-state index is 13.4. The average Bonchev–Trinajstić information content (AvgIpc) is 3.64. The quantitative estimate of drug-likeness (QED) is 0.0518. The summed E-state index contributed by atoms with van der Waals surface area (Å²) < 4.78 is 0. The number of amides is 6. The zero-order valence-electron chi connectivity index (χ0n) is 35.3. The van der Waals surface area contributed by atoms with Crippen molar-refractivity contribution in [2.24, 2.45) is 11.8 Å². The second-order valence-electron chi connectivity index (χ2n) is 16.0. The molecule has 0 aliphatic carbocycles. The van der Waals surface area contributed by atoms with Crippen LogP contribution < -0.4 is 26.6 Å². The molecule has 0 bridgehead atoms. The van der Waals surface area contributed by atoms with Crippen molar-refractivity contribution in [1.82, 2.24) is 31.5 Å². The number of likely N-dealkylation sites (tertiary alicyclic amines) is 1. The molecule has 1 rings (SSSR count). The van der Waals surface area contributed by atoms with E-state index in [-0.39, 0.29) is 31.2 Å². The van der Waals surface area contributed by atoms with Crippen LogP contribution in [0.15, 0.2) is 0 Å². The Kier molecular flexibility index (Phi) is 25.1.